The Balaban J connectivity index is 3.22. The molecule has 0 fully saturated rings. The van der Waals surface area contributed by atoms with E-state index in [4.69, 9.17) is 5.73 Å². The van der Waals surface area contributed by atoms with Crippen LogP contribution in [-0.4, -0.2) is 17.8 Å². The third-order valence-electron chi connectivity index (χ3n) is 1.84. The molecule has 0 amide bonds. The summed E-state index contributed by atoms with van der Waals surface area (Å²) in [6.45, 7) is 2.40. The lowest BCUT2D eigenvalue weighted by atomic mass is 10.2. The van der Waals surface area contributed by atoms with Crippen LogP contribution in [0.15, 0.2) is 15.8 Å². The molecule has 0 atom stereocenters. The molecule has 0 aliphatic rings. The summed E-state index contributed by atoms with van der Waals surface area (Å²) < 4.78 is 0. The van der Waals surface area contributed by atoms with E-state index >= 15 is 0 Å². The molecule has 0 saturated carbocycles. The number of rotatable bonds is 3. The number of nitrogens with one attached hydrogen (secondary N) is 1. The third kappa shape index (κ3) is 2.35. The van der Waals surface area contributed by atoms with Crippen molar-refractivity contribution in [3.05, 3.63) is 27.7 Å². The molecule has 0 aliphatic carbocycles. The summed E-state index contributed by atoms with van der Waals surface area (Å²) in [5, 5.41) is 0. The minimum atomic E-state index is -0.00481. The average Bonchev–Trinajstić information content (AvgIpc) is 2.09. The zero-order valence-electron chi connectivity index (χ0n) is 7.89. The Labute approximate surface area is 81.7 Å². The summed E-state index contributed by atoms with van der Waals surface area (Å²) in [7, 11) is 0. The van der Waals surface area contributed by atoms with Gasteiger partial charge in [-0.05, 0) is 32.2 Å². The molecule has 0 bridgehead atoms. The van der Waals surface area contributed by atoms with Crippen LogP contribution in [0.25, 0.3) is 0 Å². The molecule has 0 spiro atoms. The smallest absolute Gasteiger partial charge is 0.252 e. The van der Waals surface area contributed by atoms with Gasteiger partial charge in [0, 0.05) is 16.2 Å². The van der Waals surface area contributed by atoms with Gasteiger partial charge in [-0.2, -0.15) is 0 Å². The molecule has 72 valence electrons. The molecule has 0 unspecified atom stereocenters. The van der Waals surface area contributed by atoms with E-state index in [1.807, 2.05) is 19.2 Å². The van der Waals surface area contributed by atoms with Crippen LogP contribution in [0.4, 0.5) is 0 Å². The van der Waals surface area contributed by atoms with Crippen LogP contribution in [0.1, 0.15) is 11.3 Å². The second-order valence-corrected chi connectivity index (χ2v) is 3.72. The second-order valence-electron chi connectivity index (χ2n) is 2.87. The van der Waals surface area contributed by atoms with Crippen LogP contribution in [0, 0.1) is 6.92 Å². The zero-order valence-corrected chi connectivity index (χ0v) is 8.70. The maximum absolute atomic E-state index is 11.5. The molecule has 0 aromatic carbocycles. The number of pyridine rings is 1. The molecular weight excluding hydrogens is 184 g/mol. The molecular formula is C9H14N2OS. The number of H-pyrrole nitrogens is 1. The van der Waals surface area contributed by atoms with Crippen LogP contribution in [-0.2, 0) is 6.42 Å². The zero-order chi connectivity index (χ0) is 9.84. The molecule has 3 N–H and O–H groups in total. The summed E-state index contributed by atoms with van der Waals surface area (Å²) in [6, 6.07) is 1.98. The van der Waals surface area contributed by atoms with Gasteiger partial charge >= 0.3 is 0 Å². The van der Waals surface area contributed by atoms with Crippen molar-refractivity contribution in [2.24, 2.45) is 5.73 Å². The molecule has 0 saturated heterocycles. The van der Waals surface area contributed by atoms with Gasteiger partial charge in [0.2, 0.25) is 0 Å². The third-order valence-corrected chi connectivity index (χ3v) is 2.65. The van der Waals surface area contributed by atoms with Crippen molar-refractivity contribution in [3.63, 3.8) is 0 Å². The number of nitrogens with two attached hydrogens (primary N) is 1. The van der Waals surface area contributed by atoms with Gasteiger partial charge in [0.15, 0.2) is 0 Å². The van der Waals surface area contributed by atoms with E-state index in [0.29, 0.717) is 13.0 Å². The van der Waals surface area contributed by atoms with Crippen LogP contribution in [0.2, 0.25) is 0 Å². The van der Waals surface area contributed by atoms with Crippen molar-refractivity contribution in [3.8, 4) is 0 Å². The summed E-state index contributed by atoms with van der Waals surface area (Å²) in [5.74, 6) is 0. The lowest BCUT2D eigenvalue weighted by molar-refractivity contribution is 0.903. The monoisotopic (exact) mass is 198 g/mol. The molecule has 0 aliphatic heterocycles. The Morgan fingerprint density at radius 2 is 2.31 bits per heavy atom. The number of aromatic amines is 1. The van der Waals surface area contributed by atoms with Gasteiger partial charge in [0.25, 0.3) is 5.56 Å². The van der Waals surface area contributed by atoms with Crippen molar-refractivity contribution < 1.29 is 0 Å². The van der Waals surface area contributed by atoms with Gasteiger partial charge < -0.3 is 10.7 Å². The predicted octanol–water partition coefficient (Wildman–Crippen LogP) is 0.906. The number of aryl methyl sites for hydroxylation is 1. The topological polar surface area (TPSA) is 58.9 Å². The Morgan fingerprint density at radius 3 is 2.85 bits per heavy atom. The van der Waals surface area contributed by atoms with E-state index in [0.717, 1.165) is 16.2 Å². The van der Waals surface area contributed by atoms with Gasteiger partial charge in [-0.1, -0.05) is 0 Å². The van der Waals surface area contributed by atoms with Crippen molar-refractivity contribution in [1.29, 1.82) is 0 Å². The van der Waals surface area contributed by atoms with Gasteiger partial charge in [-0.15, -0.1) is 11.8 Å². The van der Waals surface area contributed by atoms with Crippen LogP contribution >= 0.6 is 11.8 Å². The van der Waals surface area contributed by atoms with Gasteiger partial charge in [-0.3, -0.25) is 4.79 Å². The lowest BCUT2D eigenvalue weighted by Gasteiger charge is -2.05. The summed E-state index contributed by atoms with van der Waals surface area (Å²) in [5.41, 5.74) is 7.13. The largest absolute Gasteiger partial charge is 0.330 e. The number of aromatic nitrogens is 1. The minimum absolute atomic E-state index is 0.00481. The molecule has 3 nitrogen and oxygen atoms in total. The van der Waals surface area contributed by atoms with Gasteiger partial charge in [0.1, 0.15) is 0 Å². The first kappa shape index (κ1) is 10.3. The first-order valence-electron chi connectivity index (χ1n) is 4.16. The predicted molar refractivity (Wildman–Crippen MR) is 56.3 cm³/mol. The van der Waals surface area contributed by atoms with E-state index in [2.05, 4.69) is 4.98 Å². The van der Waals surface area contributed by atoms with E-state index in [-0.39, 0.29) is 5.56 Å². The van der Waals surface area contributed by atoms with Crippen LogP contribution in [0.5, 0.6) is 0 Å². The standard InChI is InChI=1S/C9H14N2OS/c1-6-5-8(13-2)7(3-4-10)9(12)11-6/h5H,3-4,10H2,1-2H3,(H,11,12). The molecule has 4 heteroatoms. The van der Waals surface area contributed by atoms with E-state index in [9.17, 15) is 4.79 Å². The minimum Gasteiger partial charge on any atom is -0.330 e. The highest BCUT2D eigenvalue weighted by Crippen LogP contribution is 2.17. The maximum Gasteiger partial charge on any atom is 0.252 e. The number of hydrogen-bond donors (Lipinski definition) is 2. The first-order valence-corrected chi connectivity index (χ1v) is 5.38. The molecule has 1 rings (SSSR count). The molecule has 0 radical (unpaired) electrons. The second kappa shape index (κ2) is 4.48. The van der Waals surface area contributed by atoms with Crippen molar-refractivity contribution in [2.75, 3.05) is 12.8 Å². The summed E-state index contributed by atoms with van der Waals surface area (Å²) >= 11 is 1.59. The Hall–Kier alpha value is -0.740. The fourth-order valence-electron chi connectivity index (χ4n) is 1.25. The molecule has 13 heavy (non-hydrogen) atoms. The maximum atomic E-state index is 11.5. The van der Waals surface area contributed by atoms with E-state index in [1.54, 1.807) is 11.8 Å². The van der Waals surface area contributed by atoms with Crippen molar-refractivity contribution in [2.45, 2.75) is 18.2 Å². The fourth-order valence-corrected chi connectivity index (χ4v) is 1.99. The highest BCUT2D eigenvalue weighted by Gasteiger charge is 2.05. The molecule has 1 heterocycles. The highest BCUT2D eigenvalue weighted by atomic mass is 32.2. The average molecular weight is 198 g/mol. The van der Waals surface area contributed by atoms with Gasteiger partial charge in [0.05, 0.1) is 0 Å². The fraction of sp³-hybridized carbons (Fsp3) is 0.444. The summed E-state index contributed by atoms with van der Waals surface area (Å²) in [4.78, 5) is 15.3. The Morgan fingerprint density at radius 1 is 1.62 bits per heavy atom. The normalized spacial score (nSPS) is 10.4. The first-order chi connectivity index (χ1) is 6.19. The van der Waals surface area contributed by atoms with E-state index in [1.165, 1.54) is 0 Å². The Kier molecular flexibility index (Phi) is 3.57. The van der Waals surface area contributed by atoms with Crippen molar-refractivity contribution in [1.82, 2.24) is 4.98 Å². The number of hydrogen-bond acceptors (Lipinski definition) is 3. The van der Waals surface area contributed by atoms with Crippen molar-refractivity contribution >= 4 is 11.8 Å². The van der Waals surface area contributed by atoms with Crippen LogP contribution in [0.3, 0.4) is 0 Å². The highest BCUT2D eigenvalue weighted by molar-refractivity contribution is 7.98. The summed E-state index contributed by atoms with van der Waals surface area (Å²) in [6.07, 6.45) is 2.61. The quantitative estimate of drug-likeness (QED) is 0.710. The Bertz CT molecular complexity index is 346. The SMILES string of the molecule is CSc1cc(C)[nH]c(=O)c1CCN. The van der Waals surface area contributed by atoms with Gasteiger partial charge in [-0.25, -0.2) is 0 Å². The molecule has 1 aromatic rings. The molecule has 1 aromatic heterocycles. The van der Waals surface area contributed by atoms with E-state index < -0.39 is 0 Å². The lowest BCUT2D eigenvalue weighted by Crippen LogP contribution is -2.18. The van der Waals surface area contributed by atoms with Crippen LogP contribution < -0.4 is 11.3 Å². The number of thioether (sulfide) groups is 1.